The second-order valence-electron chi connectivity index (χ2n) is 17.7. The van der Waals surface area contributed by atoms with Crippen LogP contribution in [0.5, 0.6) is 0 Å². The van der Waals surface area contributed by atoms with E-state index in [1.54, 1.807) is 0 Å². The van der Waals surface area contributed by atoms with E-state index in [1.165, 1.54) is 54.1 Å². The van der Waals surface area contributed by atoms with Gasteiger partial charge < -0.3 is 13.6 Å². The number of nitrogens with zero attached hydrogens (tertiary/aromatic N) is 4. The van der Waals surface area contributed by atoms with E-state index in [4.69, 9.17) is 14.4 Å². The van der Waals surface area contributed by atoms with Gasteiger partial charge in [-0.05, 0) is 112 Å². The number of aromatic nitrogens is 4. The lowest BCUT2D eigenvalue weighted by Gasteiger charge is -2.16. The summed E-state index contributed by atoms with van der Waals surface area (Å²) in [5.74, 6) is 0.682. The molecule has 15 rings (SSSR count). The molecule has 67 heavy (non-hydrogen) atoms. The summed E-state index contributed by atoms with van der Waals surface area (Å²) in [6.45, 7) is 0. The zero-order valence-electron chi connectivity index (χ0n) is 36.0. The molecule has 11 aromatic carbocycles. The lowest BCUT2D eigenvalue weighted by molar-refractivity contribution is 0.669. The maximum absolute atomic E-state index is 6.35. The minimum atomic E-state index is 0.682. The molecule has 4 aromatic heterocycles. The van der Waals surface area contributed by atoms with Gasteiger partial charge in [0.2, 0.25) is 0 Å². The molecule has 0 aliphatic heterocycles. The molecule has 0 unspecified atom stereocenters. The number of para-hydroxylation sites is 4. The number of hydrogen-bond acceptors (Lipinski definition) is 3. The largest absolute Gasteiger partial charge is 0.456 e. The van der Waals surface area contributed by atoms with Gasteiger partial charge in [0.05, 0.1) is 39.0 Å². The van der Waals surface area contributed by atoms with Crippen LogP contribution in [-0.4, -0.2) is 19.1 Å². The second kappa shape index (κ2) is 13.7. The summed E-state index contributed by atoms with van der Waals surface area (Å²) >= 11 is 0. The van der Waals surface area contributed by atoms with Gasteiger partial charge in [0.1, 0.15) is 11.2 Å². The Balaban J connectivity index is 0.906. The molecule has 0 aliphatic rings. The monoisotopic (exact) mass is 852 g/mol. The Bertz CT molecular complexity index is 4590. The van der Waals surface area contributed by atoms with Gasteiger partial charge in [0.15, 0.2) is 5.82 Å². The average Bonchev–Trinajstić information content (AvgIpc) is 4.03. The van der Waals surface area contributed by atoms with Crippen LogP contribution in [0.25, 0.3) is 143 Å². The molecule has 0 aliphatic carbocycles. The van der Waals surface area contributed by atoms with Gasteiger partial charge >= 0.3 is 0 Å². The van der Waals surface area contributed by atoms with Crippen molar-refractivity contribution < 1.29 is 4.42 Å². The summed E-state index contributed by atoms with van der Waals surface area (Å²) in [6, 6.07) is 78.6. The van der Waals surface area contributed by atoms with Crippen molar-refractivity contribution in [3.8, 4) is 34.0 Å². The Morgan fingerprint density at radius 2 is 0.925 bits per heavy atom. The highest BCUT2D eigenvalue weighted by Crippen LogP contribution is 2.42. The van der Waals surface area contributed by atoms with Crippen LogP contribution in [0.4, 0.5) is 0 Å². The van der Waals surface area contributed by atoms with Crippen molar-refractivity contribution >= 4 is 109 Å². The van der Waals surface area contributed by atoms with E-state index in [2.05, 4.69) is 209 Å². The van der Waals surface area contributed by atoms with Crippen molar-refractivity contribution in [3.63, 3.8) is 0 Å². The highest BCUT2D eigenvalue weighted by Gasteiger charge is 2.21. The third-order valence-electron chi connectivity index (χ3n) is 14.1. The molecule has 0 spiro atoms. The van der Waals surface area contributed by atoms with Crippen LogP contribution in [0, 0.1) is 0 Å². The van der Waals surface area contributed by atoms with Gasteiger partial charge in [0, 0.05) is 59.9 Å². The molecule has 310 valence electrons. The summed E-state index contributed by atoms with van der Waals surface area (Å²) < 4.78 is 11.2. The first-order valence-corrected chi connectivity index (χ1v) is 22.8. The van der Waals surface area contributed by atoms with Crippen LogP contribution < -0.4 is 0 Å². The zero-order valence-corrected chi connectivity index (χ0v) is 36.0. The Hall–Kier alpha value is -9.06. The molecule has 0 N–H and O–H groups in total. The van der Waals surface area contributed by atoms with Crippen LogP contribution in [-0.2, 0) is 0 Å². The van der Waals surface area contributed by atoms with Gasteiger partial charge in [-0.25, -0.2) is 9.97 Å². The van der Waals surface area contributed by atoms with Crippen molar-refractivity contribution in [3.05, 3.63) is 218 Å². The van der Waals surface area contributed by atoms with E-state index in [0.29, 0.717) is 5.82 Å². The summed E-state index contributed by atoms with van der Waals surface area (Å²) in [4.78, 5) is 10.6. The Labute approximate surface area is 383 Å². The third kappa shape index (κ3) is 5.31. The molecule has 0 fully saturated rings. The van der Waals surface area contributed by atoms with E-state index in [1.807, 2.05) is 18.2 Å². The smallest absolute Gasteiger partial charge is 0.161 e. The van der Waals surface area contributed by atoms with E-state index in [-0.39, 0.29) is 0 Å². The quantitative estimate of drug-likeness (QED) is 0.177. The highest BCUT2D eigenvalue weighted by atomic mass is 16.3. The first-order chi connectivity index (χ1) is 33.2. The normalized spacial score (nSPS) is 12.2. The van der Waals surface area contributed by atoms with Crippen LogP contribution in [0.2, 0.25) is 0 Å². The summed E-state index contributed by atoms with van der Waals surface area (Å²) in [7, 11) is 0. The molecule has 5 heteroatoms. The lowest BCUT2D eigenvalue weighted by Crippen LogP contribution is -1.99. The standard InChI is InChI=1S/C62H36N4O/c1-2-14-38-34-57-51(32-37(38)13-1)45-17-6-10-22-54(45)65(57)42-27-25-39-35-58-52(33-41(39)31-42)46-18-7-11-23-55(46)66(58)56-30-29-49(43-15-3-4-16-44(43)56)62-63-53-21-9-5-20-50(53)61(64-62)40-26-28-48-47-19-8-12-24-59(47)67-60(48)36-40/h1-36H. The molecule has 0 saturated carbocycles. The van der Waals surface area contributed by atoms with Gasteiger partial charge in [0.25, 0.3) is 0 Å². The van der Waals surface area contributed by atoms with E-state index in [0.717, 1.165) is 82.8 Å². The SMILES string of the molecule is c1ccc2cc3c(cc2c1)c1ccccc1n3-c1ccc2cc3c(cc2c1)c1ccccc1n3-c1ccc(-c2nc(-c3ccc4c(c3)oc3ccccc34)c3ccccc3n2)c2ccccc12. The summed E-state index contributed by atoms with van der Waals surface area (Å²) in [5, 5.41) is 15.2. The fourth-order valence-corrected chi connectivity index (χ4v) is 11.0. The molecule has 0 atom stereocenters. The second-order valence-corrected chi connectivity index (χ2v) is 17.7. The molecular weight excluding hydrogens is 817 g/mol. The summed E-state index contributed by atoms with van der Waals surface area (Å²) in [6.07, 6.45) is 0. The van der Waals surface area contributed by atoms with E-state index >= 15 is 0 Å². The number of furan rings is 1. The first kappa shape index (κ1) is 36.3. The van der Waals surface area contributed by atoms with E-state index < -0.39 is 0 Å². The maximum atomic E-state index is 6.35. The first-order valence-electron chi connectivity index (χ1n) is 22.8. The van der Waals surface area contributed by atoms with Crippen LogP contribution in [0.1, 0.15) is 0 Å². The van der Waals surface area contributed by atoms with Crippen molar-refractivity contribution in [2.24, 2.45) is 0 Å². The molecule has 0 saturated heterocycles. The Morgan fingerprint density at radius 3 is 1.73 bits per heavy atom. The van der Waals surface area contributed by atoms with Crippen molar-refractivity contribution in [1.29, 1.82) is 0 Å². The average molecular weight is 853 g/mol. The Morgan fingerprint density at radius 1 is 0.328 bits per heavy atom. The third-order valence-corrected chi connectivity index (χ3v) is 14.1. The molecular formula is C62H36N4O. The predicted octanol–water partition coefficient (Wildman–Crippen LogP) is 16.5. The zero-order chi connectivity index (χ0) is 43.7. The van der Waals surface area contributed by atoms with Crippen LogP contribution in [0.15, 0.2) is 223 Å². The van der Waals surface area contributed by atoms with Crippen molar-refractivity contribution in [2.75, 3.05) is 0 Å². The molecule has 0 radical (unpaired) electrons. The molecule has 0 bridgehead atoms. The Kier molecular flexibility index (Phi) is 7.44. The minimum absolute atomic E-state index is 0.682. The van der Waals surface area contributed by atoms with Gasteiger partial charge in [-0.15, -0.1) is 0 Å². The van der Waals surface area contributed by atoms with Gasteiger partial charge in [-0.2, -0.15) is 0 Å². The summed E-state index contributed by atoms with van der Waals surface area (Å²) in [5.41, 5.74) is 12.4. The number of hydrogen-bond donors (Lipinski definition) is 0. The van der Waals surface area contributed by atoms with Crippen molar-refractivity contribution in [2.45, 2.75) is 0 Å². The molecule has 0 amide bonds. The van der Waals surface area contributed by atoms with E-state index in [9.17, 15) is 0 Å². The van der Waals surface area contributed by atoms with Crippen molar-refractivity contribution in [1.82, 2.24) is 19.1 Å². The minimum Gasteiger partial charge on any atom is -0.456 e. The van der Waals surface area contributed by atoms with Gasteiger partial charge in [-0.3, -0.25) is 0 Å². The lowest BCUT2D eigenvalue weighted by atomic mass is 10.00. The molecule has 5 nitrogen and oxygen atoms in total. The highest BCUT2D eigenvalue weighted by molar-refractivity contribution is 6.17. The number of fused-ring (bicyclic) bond motifs is 13. The maximum Gasteiger partial charge on any atom is 0.161 e. The molecule has 4 heterocycles. The van der Waals surface area contributed by atoms with Crippen LogP contribution in [0.3, 0.4) is 0 Å². The topological polar surface area (TPSA) is 48.8 Å². The molecule has 15 aromatic rings. The predicted molar refractivity (Wildman–Crippen MR) is 279 cm³/mol. The fraction of sp³-hybridized carbons (Fsp3) is 0. The fourth-order valence-electron chi connectivity index (χ4n) is 11.0. The number of benzene rings is 11. The number of rotatable bonds is 4. The van der Waals surface area contributed by atoms with Gasteiger partial charge in [-0.1, -0.05) is 133 Å². The van der Waals surface area contributed by atoms with Crippen LogP contribution >= 0.6 is 0 Å².